The van der Waals surface area contributed by atoms with Crippen molar-refractivity contribution in [3.8, 4) is 0 Å². The lowest BCUT2D eigenvalue weighted by Crippen LogP contribution is -2.48. The SMILES string of the molecule is CC(C)=CCN1C(=O)[C@H]2CC[C@@H]1CN(C(=O)c1n[nH]c(=O)c3ccccc13)C2. The summed E-state index contributed by atoms with van der Waals surface area (Å²) in [5.41, 5.74) is 1.09. The Morgan fingerprint density at radius 2 is 1.93 bits per heavy atom. The van der Waals surface area contributed by atoms with Crippen molar-refractivity contribution in [1.82, 2.24) is 20.0 Å². The van der Waals surface area contributed by atoms with Crippen LogP contribution in [0.1, 0.15) is 37.2 Å². The third-order valence-electron chi connectivity index (χ3n) is 5.68. The molecule has 0 unspecified atom stereocenters. The number of aromatic amines is 1. The van der Waals surface area contributed by atoms with Crippen LogP contribution < -0.4 is 5.56 Å². The summed E-state index contributed by atoms with van der Waals surface area (Å²) in [4.78, 5) is 41.8. The second-order valence-electron chi connectivity index (χ2n) is 7.86. The number of aromatic nitrogens is 2. The van der Waals surface area contributed by atoms with Crippen molar-refractivity contribution in [2.75, 3.05) is 19.6 Å². The summed E-state index contributed by atoms with van der Waals surface area (Å²) in [7, 11) is 0. The maximum atomic E-state index is 13.3. The summed E-state index contributed by atoms with van der Waals surface area (Å²) in [6, 6.07) is 6.99. The van der Waals surface area contributed by atoms with Crippen LogP contribution in [0.4, 0.5) is 0 Å². The molecule has 146 valence electrons. The number of carbonyl (C=O) groups excluding carboxylic acids is 2. The number of allylic oxidation sites excluding steroid dienone is 1. The number of hydrogen-bond acceptors (Lipinski definition) is 4. The van der Waals surface area contributed by atoms with Crippen molar-refractivity contribution in [2.24, 2.45) is 5.92 Å². The molecular formula is C21H24N4O3. The molecule has 1 aromatic heterocycles. The third kappa shape index (κ3) is 3.21. The van der Waals surface area contributed by atoms with Gasteiger partial charge in [-0.2, -0.15) is 5.10 Å². The van der Waals surface area contributed by atoms with Gasteiger partial charge in [-0.25, -0.2) is 5.10 Å². The summed E-state index contributed by atoms with van der Waals surface area (Å²) in [5.74, 6) is -0.285. The first-order chi connectivity index (χ1) is 13.5. The molecule has 0 spiro atoms. The van der Waals surface area contributed by atoms with Gasteiger partial charge in [-0.05, 0) is 32.8 Å². The number of nitrogens with one attached hydrogen (secondary N) is 1. The van der Waals surface area contributed by atoms with Crippen LogP contribution >= 0.6 is 0 Å². The zero-order chi connectivity index (χ0) is 19.8. The standard InChI is InChI=1S/C21H24N4O3/c1-13(2)9-10-25-15-8-7-14(20(25)27)11-24(12-15)21(28)18-16-5-3-4-6-17(16)19(26)23-22-18/h3-6,9,14-15H,7-8,10-12H2,1-2H3,(H,23,26)/t14-,15+/m0/s1. The average molecular weight is 380 g/mol. The fraction of sp³-hybridized carbons (Fsp3) is 0.429. The van der Waals surface area contributed by atoms with E-state index >= 15 is 0 Å². The molecule has 2 bridgehead atoms. The Hall–Kier alpha value is -2.96. The van der Waals surface area contributed by atoms with Crippen LogP contribution in [0.25, 0.3) is 10.8 Å². The number of nitrogens with zero attached hydrogens (tertiary/aromatic N) is 3. The number of hydrogen-bond donors (Lipinski definition) is 1. The summed E-state index contributed by atoms with van der Waals surface area (Å²) in [6.07, 6.45) is 3.76. The van der Waals surface area contributed by atoms with E-state index in [1.165, 1.54) is 5.57 Å². The maximum absolute atomic E-state index is 13.3. The van der Waals surface area contributed by atoms with Gasteiger partial charge in [0.15, 0.2) is 5.69 Å². The number of piperidine rings is 1. The molecule has 3 aliphatic heterocycles. The number of carbonyl (C=O) groups is 2. The minimum atomic E-state index is -0.314. The van der Waals surface area contributed by atoms with Crippen molar-refractivity contribution in [3.05, 3.63) is 52.0 Å². The Bertz CT molecular complexity index is 1020. The van der Waals surface area contributed by atoms with Crippen molar-refractivity contribution in [2.45, 2.75) is 32.7 Å². The quantitative estimate of drug-likeness (QED) is 0.825. The minimum absolute atomic E-state index is 0.0137. The molecule has 0 saturated carbocycles. The highest BCUT2D eigenvalue weighted by Crippen LogP contribution is 2.30. The monoisotopic (exact) mass is 380 g/mol. The van der Waals surface area contributed by atoms with Crippen molar-refractivity contribution >= 4 is 22.6 Å². The summed E-state index contributed by atoms with van der Waals surface area (Å²) in [5, 5.41) is 7.46. The van der Waals surface area contributed by atoms with E-state index in [-0.39, 0.29) is 35.0 Å². The van der Waals surface area contributed by atoms with Crippen LogP contribution in [0, 0.1) is 5.92 Å². The number of fused-ring (bicyclic) bond motifs is 5. The highest BCUT2D eigenvalue weighted by atomic mass is 16.2. The molecule has 2 amide bonds. The highest BCUT2D eigenvalue weighted by Gasteiger charge is 2.42. The van der Waals surface area contributed by atoms with Gasteiger partial charge < -0.3 is 9.80 Å². The van der Waals surface area contributed by atoms with Gasteiger partial charge in [0.05, 0.1) is 11.3 Å². The molecule has 3 saturated heterocycles. The van der Waals surface area contributed by atoms with Crippen LogP contribution in [-0.4, -0.2) is 57.5 Å². The molecule has 1 aromatic carbocycles. The first kappa shape index (κ1) is 18.4. The molecule has 28 heavy (non-hydrogen) atoms. The second-order valence-corrected chi connectivity index (χ2v) is 7.86. The number of rotatable bonds is 3. The van der Waals surface area contributed by atoms with Gasteiger partial charge in [0.2, 0.25) is 5.91 Å². The first-order valence-electron chi connectivity index (χ1n) is 9.66. The smallest absolute Gasteiger partial charge is 0.275 e. The highest BCUT2D eigenvalue weighted by molar-refractivity contribution is 6.05. The fourth-order valence-corrected chi connectivity index (χ4v) is 4.15. The van der Waals surface area contributed by atoms with E-state index in [9.17, 15) is 14.4 Å². The Balaban J connectivity index is 1.65. The number of benzene rings is 1. The predicted molar refractivity (Wildman–Crippen MR) is 106 cm³/mol. The molecule has 7 heteroatoms. The van der Waals surface area contributed by atoms with E-state index in [1.807, 2.05) is 18.7 Å². The van der Waals surface area contributed by atoms with E-state index in [1.54, 1.807) is 29.2 Å². The molecule has 0 radical (unpaired) electrons. The Labute approximate surface area is 163 Å². The molecule has 7 nitrogen and oxygen atoms in total. The molecule has 3 aliphatic rings. The van der Waals surface area contributed by atoms with Crippen LogP contribution in [-0.2, 0) is 4.79 Å². The second kappa shape index (κ2) is 7.22. The van der Waals surface area contributed by atoms with Gasteiger partial charge >= 0.3 is 0 Å². The molecule has 0 aliphatic carbocycles. The predicted octanol–water partition coefficient (Wildman–Crippen LogP) is 1.95. The van der Waals surface area contributed by atoms with Gasteiger partial charge in [0.1, 0.15) is 0 Å². The van der Waals surface area contributed by atoms with Gasteiger partial charge in [0, 0.05) is 31.1 Å². The van der Waals surface area contributed by atoms with Crippen molar-refractivity contribution in [3.63, 3.8) is 0 Å². The first-order valence-corrected chi connectivity index (χ1v) is 9.66. The summed E-state index contributed by atoms with van der Waals surface area (Å²) < 4.78 is 0. The normalized spacial score (nSPS) is 21.7. The molecule has 2 aromatic rings. The topological polar surface area (TPSA) is 86.4 Å². The molecule has 5 rings (SSSR count). The average Bonchev–Trinajstić information content (AvgIpc) is 2.97. The molecule has 2 atom stereocenters. The number of H-pyrrole nitrogens is 1. The van der Waals surface area contributed by atoms with E-state index in [0.29, 0.717) is 30.4 Å². The lowest BCUT2D eigenvalue weighted by molar-refractivity contribution is -0.139. The summed E-state index contributed by atoms with van der Waals surface area (Å²) >= 11 is 0. The summed E-state index contributed by atoms with van der Waals surface area (Å²) in [6.45, 7) is 5.51. The van der Waals surface area contributed by atoms with Gasteiger partial charge in [-0.3, -0.25) is 14.4 Å². The Kier molecular flexibility index (Phi) is 4.75. The van der Waals surface area contributed by atoms with E-state index < -0.39 is 0 Å². The van der Waals surface area contributed by atoms with Crippen LogP contribution in [0.3, 0.4) is 0 Å². The van der Waals surface area contributed by atoms with Crippen LogP contribution in [0.2, 0.25) is 0 Å². The Morgan fingerprint density at radius 1 is 1.18 bits per heavy atom. The third-order valence-corrected chi connectivity index (χ3v) is 5.68. The zero-order valence-electron chi connectivity index (χ0n) is 16.1. The van der Waals surface area contributed by atoms with E-state index in [0.717, 1.165) is 12.8 Å². The molecule has 3 fully saturated rings. The molecule has 1 N–H and O–H groups in total. The van der Waals surface area contributed by atoms with Crippen LogP contribution in [0.15, 0.2) is 40.7 Å². The largest absolute Gasteiger partial charge is 0.334 e. The lowest BCUT2D eigenvalue weighted by atomic mass is 9.94. The Morgan fingerprint density at radius 3 is 2.68 bits per heavy atom. The minimum Gasteiger partial charge on any atom is -0.334 e. The van der Waals surface area contributed by atoms with E-state index in [4.69, 9.17) is 0 Å². The van der Waals surface area contributed by atoms with Crippen molar-refractivity contribution in [1.29, 1.82) is 0 Å². The van der Waals surface area contributed by atoms with Crippen molar-refractivity contribution < 1.29 is 9.59 Å². The molecule has 4 heterocycles. The van der Waals surface area contributed by atoms with Crippen LogP contribution in [0.5, 0.6) is 0 Å². The lowest BCUT2D eigenvalue weighted by Gasteiger charge is -2.35. The van der Waals surface area contributed by atoms with E-state index in [2.05, 4.69) is 16.3 Å². The zero-order valence-corrected chi connectivity index (χ0v) is 16.1. The van der Waals surface area contributed by atoms with Gasteiger partial charge in [-0.15, -0.1) is 0 Å². The molecular weight excluding hydrogens is 356 g/mol. The maximum Gasteiger partial charge on any atom is 0.275 e. The van der Waals surface area contributed by atoms with Gasteiger partial charge in [0.25, 0.3) is 11.5 Å². The number of amides is 2. The fourth-order valence-electron chi connectivity index (χ4n) is 4.15. The van der Waals surface area contributed by atoms with Gasteiger partial charge in [-0.1, -0.05) is 29.8 Å².